The average molecular weight is 335 g/mol. The molecule has 1 aromatic carbocycles. The van der Waals surface area contributed by atoms with E-state index in [1.165, 1.54) is 10.9 Å². The molecule has 4 rings (SSSR count). The SMILES string of the molecule is O=C(O)c1ccccc1CC1CCN(Cc2c[nH]c3ncccc23)C1. The molecule has 5 heteroatoms. The standard InChI is InChI=1S/C20H21N3O2/c24-20(25)18-5-2-1-4-15(18)10-14-7-9-23(12-14)13-16-11-22-19-17(16)6-3-8-21-19/h1-6,8,11,14H,7,9-10,12-13H2,(H,21,22)(H,24,25). The van der Waals surface area contributed by atoms with Gasteiger partial charge in [-0.3, -0.25) is 4.90 Å². The van der Waals surface area contributed by atoms with Crippen molar-refractivity contribution in [2.24, 2.45) is 5.92 Å². The Morgan fingerprint density at radius 1 is 1.24 bits per heavy atom. The van der Waals surface area contributed by atoms with E-state index in [0.717, 1.165) is 43.7 Å². The number of pyridine rings is 1. The maximum Gasteiger partial charge on any atom is 0.335 e. The molecule has 1 unspecified atom stereocenters. The molecule has 128 valence electrons. The number of hydrogen-bond donors (Lipinski definition) is 2. The van der Waals surface area contributed by atoms with E-state index < -0.39 is 5.97 Å². The lowest BCUT2D eigenvalue weighted by molar-refractivity contribution is 0.0695. The first-order valence-electron chi connectivity index (χ1n) is 8.65. The minimum absolute atomic E-state index is 0.434. The highest BCUT2D eigenvalue weighted by molar-refractivity contribution is 5.89. The number of benzene rings is 1. The Kier molecular flexibility index (Phi) is 4.24. The fourth-order valence-corrected chi connectivity index (χ4v) is 3.83. The number of fused-ring (bicyclic) bond motifs is 1. The highest BCUT2D eigenvalue weighted by Crippen LogP contribution is 2.25. The Balaban J connectivity index is 1.43. The van der Waals surface area contributed by atoms with Crippen LogP contribution in [0.15, 0.2) is 48.8 Å². The summed E-state index contributed by atoms with van der Waals surface area (Å²) in [6.45, 7) is 2.95. The first-order valence-corrected chi connectivity index (χ1v) is 8.65. The topological polar surface area (TPSA) is 69.2 Å². The van der Waals surface area contributed by atoms with Gasteiger partial charge in [-0.15, -0.1) is 0 Å². The van der Waals surface area contributed by atoms with Crippen molar-refractivity contribution >= 4 is 17.0 Å². The number of rotatable bonds is 5. The second-order valence-corrected chi connectivity index (χ2v) is 6.77. The normalized spacial score (nSPS) is 18.0. The van der Waals surface area contributed by atoms with E-state index in [1.54, 1.807) is 18.3 Å². The van der Waals surface area contributed by atoms with Crippen LogP contribution < -0.4 is 0 Å². The zero-order chi connectivity index (χ0) is 17.2. The number of nitrogens with zero attached hydrogens (tertiary/aromatic N) is 2. The molecule has 3 aromatic rings. The van der Waals surface area contributed by atoms with Gasteiger partial charge in [0.15, 0.2) is 0 Å². The predicted molar refractivity (Wildman–Crippen MR) is 96.6 cm³/mol. The quantitative estimate of drug-likeness (QED) is 0.750. The molecule has 1 aliphatic rings. The maximum absolute atomic E-state index is 11.4. The van der Waals surface area contributed by atoms with Gasteiger partial charge in [0.05, 0.1) is 5.56 Å². The Hall–Kier alpha value is -2.66. The molecule has 5 nitrogen and oxygen atoms in total. The molecule has 1 fully saturated rings. The number of aromatic nitrogens is 2. The van der Waals surface area contributed by atoms with E-state index in [0.29, 0.717) is 11.5 Å². The molecule has 2 N–H and O–H groups in total. The van der Waals surface area contributed by atoms with Crippen molar-refractivity contribution in [3.05, 3.63) is 65.5 Å². The molecule has 0 spiro atoms. The molecule has 1 aliphatic heterocycles. The van der Waals surface area contributed by atoms with Crippen LogP contribution in [0.25, 0.3) is 11.0 Å². The molecule has 3 heterocycles. The summed E-state index contributed by atoms with van der Waals surface area (Å²) in [5.41, 5.74) is 3.58. The zero-order valence-electron chi connectivity index (χ0n) is 14.0. The molecule has 1 saturated heterocycles. The second-order valence-electron chi connectivity index (χ2n) is 6.77. The average Bonchev–Trinajstić information content (AvgIpc) is 3.23. The molecular weight excluding hydrogens is 314 g/mol. The second kappa shape index (κ2) is 6.69. The van der Waals surface area contributed by atoms with Crippen molar-refractivity contribution in [1.29, 1.82) is 0 Å². The molecule has 1 atom stereocenters. The number of aromatic carboxylic acids is 1. The first kappa shape index (κ1) is 15.8. The first-order chi connectivity index (χ1) is 12.2. The summed E-state index contributed by atoms with van der Waals surface area (Å²) in [5.74, 6) is -0.333. The van der Waals surface area contributed by atoms with Crippen LogP contribution in [-0.4, -0.2) is 39.0 Å². The van der Waals surface area contributed by atoms with E-state index in [-0.39, 0.29) is 0 Å². The summed E-state index contributed by atoms with van der Waals surface area (Å²) < 4.78 is 0. The van der Waals surface area contributed by atoms with Crippen molar-refractivity contribution in [2.45, 2.75) is 19.4 Å². The summed E-state index contributed by atoms with van der Waals surface area (Å²) in [6, 6.07) is 11.4. The van der Waals surface area contributed by atoms with Gasteiger partial charge in [-0.2, -0.15) is 0 Å². The summed E-state index contributed by atoms with van der Waals surface area (Å²) in [6.07, 6.45) is 5.78. The molecule has 25 heavy (non-hydrogen) atoms. The third-order valence-corrected chi connectivity index (χ3v) is 5.06. The van der Waals surface area contributed by atoms with E-state index in [4.69, 9.17) is 0 Å². The largest absolute Gasteiger partial charge is 0.478 e. The number of carboxylic acids is 1. The number of carbonyl (C=O) groups is 1. The number of likely N-dealkylation sites (tertiary alicyclic amines) is 1. The Bertz CT molecular complexity index is 903. The Morgan fingerprint density at radius 2 is 2.12 bits per heavy atom. The smallest absolute Gasteiger partial charge is 0.335 e. The van der Waals surface area contributed by atoms with E-state index in [2.05, 4.69) is 20.9 Å². The highest BCUT2D eigenvalue weighted by Gasteiger charge is 2.24. The van der Waals surface area contributed by atoms with Crippen molar-refractivity contribution < 1.29 is 9.90 Å². The van der Waals surface area contributed by atoms with Crippen LogP contribution in [0.3, 0.4) is 0 Å². The third kappa shape index (κ3) is 3.28. The molecule has 0 bridgehead atoms. The fraction of sp³-hybridized carbons (Fsp3) is 0.300. The Morgan fingerprint density at radius 3 is 3.00 bits per heavy atom. The predicted octanol–water partition coefficient (Wildman–Crippen LogP) is 3.33. The lowest BCUT2D eigenvalue weighted by Gasteiger charge is -2.16. The van der Waals surface area contributed by atoms with Crippen LogP contribution >= 0.6 is 0 Å². The summed E-state index contributed by atoms with van der Waals surface area (Å²) >= 11 is 0. The molecular formula is C20H21N3O2. The van der Waals surface area contributed by atoms with Crippen LogP contribution in [-0.2, 0) is 13.0 Å². The van der Waals surface area contributed by atoms with Crippen molar-refractivity contribution in [3.8, 4) is 0 Å². The number of nitrogens with one attached hydrogen (secondary N) is 1. The van der Waals surface area contributed by atoms with Gasteiger partial charge < -0.3 is 10.1 Å². The van der Waals surface area contributed by atoms with Crippen molar-refractivity contribution in [1.82, 2.24) is 14.9 Å². The monoisotopic (exact) mass is 335 g/mol. The van der Waals surface area contributed by atoms with Gasteiger partial charge in [-0.1, -0.05) is 18.2 Å². The lowest BCUT2D eigenvalue weighted by Crippen LogP contribution is -2.20. The van der Waals surface area contributed by atoms with Gasteiger partial charge >= 0.3 is 5.97 Å². The van der Waals surface area contributed by atoms with E-state index >= 15 is 0 Å². The summed E-state index contributed by atoms with van der Waals surface area (Å²) in [4.78, 5) is 21.4. The van der Waals surface area contributed by atoms with Crippen LogP contribution in [0.5, 0.6) is 0 Å². The van der Waals surface area contributed by atoms with Gasteiger partial charge in [0.2, 0.25) is 0 Å². The zero-order valence-corrected chi connectivity index (χ0v) is 14.0. The van der Waals surface area contributed by atoms with Gasteiger partial charge in [-0.25, -0.2) is 9.78 Å². The molecule has 0 saturated carbocycles. The minimum Gasteiger partial charge on any atom is -0.478 e. The fourth-order valence-electron chi connectivity index (χ4n) is 3.83. The number of carboxylic acid groups (broad SMARTS) is 1. The van der Waals surface area contributed by atoms with Crippen LogP contribution in [0.4, 0.5) is 0 Å². The van der Waals surface area contributed by atoms with Gasteiger partial charge in [0.25, 0.3) is 0 Å². The number of hydrogen-bond acceptors (Lipinski definition) is 3. The van der Waals surface area contributed by atoms with Gasteiger partial charge in [0, 0.05) is 30.9 Å². The molecule has 2 aromatic heterocycles. The molecule has 0 radical (unpaired) electrons. The van der Waals surface area contributed by atoms with Crippen molar-refractivity contribution in [3.63, 3.8) is 0 Å². The van der Waals surface area contributed by atoms with E-state index in [1.807, 2.05) is 24.4 Å². The Labute approximate surface area is 146 Å². The summed E-state index contributed by atoms with van der Waals surface area (Å²) in [5, 5.41) is 10.5. The van der Waals surface area contributed by atoms with Crippen molar-refractivity contribution in [2.75, 3.05) is 13.1 Å². The summed E-state index contributed by atoms with van der Waals surface area (Å²) in [7, 11) is 0. The van der Waals surface area contributed by atoms with Gasteiger partial charge in [-0.05, 0) is 54.6 Å². The molecule has 0 amide bonds. The van der Waals surface area contributed by atoms with Crippen LogP contribution in [0.1, 0.15) is 27.9 Å². The third-order valence-electron chi connectivity index (χ3n) is 5.06. The minimum atomic E-state index is -0.836. The number of aromatic amines is 1. The molecule has 0 aliphatic carbocycles. The maximum atomic E-state index is 11.4. The highest BCUT2D eigenvalue weighted by atomic mass is 16.4. The number of H-pyrrole nitrogens is 1. The lowest BCUT2D eigenvalue weighted by atomic mass is 9.95. The van der Waals surface area contributed by atoms with Crippen LogP contribution in [0, 0.1) is 5.92 Å². The van der Waals surface area contributed by atoms with Crippen LogP contribution in [0.2, 0.25) is 0 Å². The van der Waals surface area contributed by atoms with E-state index in [9.17, 15) is 9.90 Å². The van der Waals surface area contributed by atoms with Gasteiger partial charge in [0.1, 0.15) is 5.65 Å².